The van der Waals surface area contributed by atoms with Gasteiger partial charge in [0.05, 0.1) is 0 Å². The van der Waals surface area contributed by atoms with Gasteiger partial charge in [-0.3, -0.25) is 4.79 Å². The van der Waals surface area contributed by atoms with E-state index in [9.17, 15) is 4.79 Å². The van der Waals surface area contributed by atoms with Gasteiger partial charge >= 0.3 is 0 Å². The molecule has 3 aromatic rings. The van der Waals surface area contributed by atoms with Crippen molar-refractivity contribution in [3.05, 3.63) is 56.9 Å². The van der Waals surface area contributed by atoms with Gasteiger partial charge in [0.1, 0.15) is 11.3 Å². The summed E-state index contributed by atoms with van der Waals surface area (Å²) < 4.78 is 0.947. The minimum Gasteiger partial charge on any atom is -0.298 e. The first kappa shape index (κ1) is 14.0. The molecule has 0 atom stereocenters. The van der Waals surface area contributed by atoms with Crippen LogP contribution in [0, 0.1) is 0 Å². The fraction of sp³-hybridized carbons (Fsp3) is 0. The lowest BCUT2D eigenvalue weighted by Gasteiger charge is -1.95. The number of aldehydes is 1. The van der Waals surface area contributed by atoms with E-state index in [0.29, 0.717) is 5.56 Å². The number of hydrogen-bond acceptors (Lipinski definition) is 5. The number of aromatic nitrogens is 2. The summed E-state index contributed by atoms with van der Waals surface area (Å²) in [6.07, 6.45) is 4.37. The molecule has 0 fully saturated rings. The molecule has 2 heterocycles. The first-order valence-electron chi connectivity index (χ1n) is 5.29. The summed E-state index contributed by atoms with van der Waals surface area (Å²) in [4.78, 5) is 18.4. The minimum absolute atomic E-state index is 0.695. The molecule has 2 aromatic heterocycles. The number of nitrogens with zero attached hydrogens (tertiary/aromatic N) is 2. The number of hydrogen-bond donors (Lipinski definition) is 0. The second kappa shape index (κ2) is 7.28. The van der Waals surface area contributed by atoms with E-state index >= 15 is 0 Å². The van der Waals surface area contributed by atoms with Crippen LogP contribution in [-0.4, -0.2) is 16.3 Å². The van der Waals surface area contributed by atoms with Gasteiger partial charge in [-0.15, -0.1) is 22.7 Å². The zero-order valence-electron chi connectivity index (χ0n) is 9.69. The smallest absolute Gasteiger partial charge is 0.159 e. The Morgan fingerprint density at radius 2 is 1.68 bits per heavy atom. The monoisotopic (exact) mass is 352 g/mol. The Balaban J connectivity index is 0.000000186. The van der Waals surface area contributed by atoms with Crippen LogP contribution < -0.4 is 0 Å². The average molecular weight is 353 g/mol. The predicted octanol–water partition coefficient (Wildman–Crippen LogP) is 4.53. The quantitative estimate of drug-likeness (QED) is 0.636. The van der Waals surface area contributed by atoms with E-state index in [0.717, 1.165) is 20.8 Å². The van der Waals surface area contributed by atoms with Crippen LogP contribution >= 0.6 is 38.6 Å². The molecular formula is C13H9BrN2OS2. The van der Waals surface area contributed by atoms with E-state index in [1.165, 1.54) is 0 Å². The summed E-state index contributed by atoms with van der Waals surface area (Å²) >= 11 is 6.36. The highest BCUT2D eigenvalue weighted by atomic mass is 79.9. The summed E-state index contributed by atoms with van der Waals surface area (Å²) in [6.45, 7) is 0. The van der Waals surface area contributed by atoms with Crippen LogP contribution in [0.2, 0.25) is 0 Å². The first-order chi connectivity index (χ1) is 9.29. The highest BCUT2D eigenvalue weighted by Crippen LogP contribution is 2.21. The van der Waals surface area contributed by atoms with Gasteiger partial charge in [-0.1, -0.05) is 24.3 Å². The van der Waals surface area contributed by atoms with Gasteiger partial charge in [0.25, 0.3) is 0 Å². The molecule has 6 heteroatoms. The number of halogens is 1. The molecule has 19 heavy (non-hydrogen) atoms. The van der Waals surface area contributed by atoms with E-state index in [4.69, 9.17) is 0 Å². The van der Waals surface area contributed by atoms with E-state index in [-0.39, 0.29) is 0 Å². The van der Waals surface area contributed by atoms with Gasteiger partial charge in [0, 0.05) is 34.3 Å². The lowest BCUT2D eigenvalue weighted by atomic mass is 10.2. The molecule has 0 radical (unpaired) electrons. The Bertz CT molecular complexity index is 607. The number of benzene rings is 1. The third kappa shape index (κ3) is 4.34. The van der Waals surface area contributed by atoms with Gasteiger partial charge in [0.2, 0.25) is 0 Å². The summed E-state index contributed by atoms with van der Waals surface area (Å²) in [5, 5.41) is 4.84. The Kier molecular flexibility index (Phi) is 5.38. The molecule has 0 spiro atoms. The van der Waals surface area contributed by atoms with Crippen molar-refractivity contribution < 1.29 is 4.79 Å². The minimum atomic E-state index is 0.695. The summed E-state index contributed by atoms with van der Waals surface area (Å²) in [5.41, 5.74) is 1.75. The van der Waals surface area contributed by atoms with Crippen molar-refractivity contribution in [2.45, 2.75) is 0 Å². The Morgan fingerprint density at radius 3 is 2.11 bits per heavy atom. The van der Waals surface area contributed by atoms with Crippen molar-refractivity contribution in [2.75, 3.05) is 0 Å². The fourth-order valence-corrected chi connectivity index (χ4v) is 2.72. The standard InChI is InChI=1S/C10H7NOS.C3H2BrNS/c12-7-8-1-3-9(4-2-8)10-11-5-6-13-10;4-3-5-1-2-6-3/h1-7H;1-2H. The van der Waals surface area contributed by atoms with Crippen LogP contribution in [-0.2, 0) is 0 Å². The van der Waals surface area contributed by atoms with Crippen molar-refractivity contribution in [3.63, 3.8) is 0 Å². The zero-order valence-corrected chi connectivity index (χ0v) is 12.9. The maximum atomic E-state index is 10.4. The van der Waals surface area contributed by atoms with E-state index in [1.54, 1.807) is 47.2 Å². The summed E-state index contributed by atoms with van der Waals surface area (Å²) in [7, 11) is 0. The Hall–Kier alpha value is -1.37. The molecule has 96 valence electrons. The van der Waals surface area contributed by atoms with Crippen molar-refractivity contribution in [3.8, 4) is 10.6 Å². The lowest BCUT2D eigenvalue weighted by Crippen LogP contribution is -1.79. The number of thiazole rings is 2. The number of carbonyl (C=O) groups excluding carboxylic acids is 1. The first-order valence-corrected chi connectivity index (χ1v) is 7.85. The SMILES string of the molecule is Brc1nccs1.O=Cc1ccc(-c2nccs2)cc1. The highest BCUT2D eigenvalue weighted by molar-refractivity contribution is 9.11. The molecule has 0 aliphatic carbocycles. The maximum Gasteiger partial charge on any atom is 0.159 e. The molecule has 0 aliphatic heterocycles. The van der Waals surface area contributed by atoms with Crippen molar-refractivity contribution >= 4 is 44.9 Å². The summed E-state index contributed by atoms with van der Waals surface area (Å²) in [6, 6.07) is 7.40. The van der Waals surface area contributed by atoms with Crippen LogP contribution in [0.1, 0.15) is 10.4 Å². The molecule has 0 aliphatic rings. The molecule has 3 rings (SSSR count). The average Bonchev–Trinajstić information content (AvgIpc) is 3.12. The van der Waals surface area contributed by atoms with Crippen LogP contribution in [0.15, 0.2) is 51.3 Å². The van der Waals surface area contributed by atoms with E-state index in [1.807, 2.05) is 22.9 Å². The van der Waals surface area contributed by atoms with Gasteiger partial charge < -0.3 is 0 Å². The van der Waals surface area contributed by atoms with Crippen molar-refractivity contribution in [1.82, 2.24) is 9.97 Å². The van der Waals surface area contributed by atoms with E-state index in [2.05, 4.69) is 25.9 Å². The normalized spacial score (nSPS) is 9.53. The van der Waals surface area contributed by atoms with Crippen LogP contribution in [0.25, 0.3) is 10.6 Å². The van der Waals surface area contributed by atoms with Gasteiger partial charge in [-0.05, 0) is 15.9 Å². The lowest BCUT2D eigenvalue weighted by molar-refractivity contribution is 0.112. The molecule has 1 aromatic carbocycles. The molecule has 0 N–H and O–H groups in total. The highest BCUT2D eigenvalue weighted by Gasteiger charge is 1.98. The molecule has 0 amide bonds. The zero-order chi connectivity index (χ0) is 13.5. The summed E-state index contributed by atoms with van der Waals surface area (Å²) in [5.74, 6) is 0. The van der Waals surface area contributed by atoms with Crippen LogP contribution in [0.3, 0.4) is 0 Å². The molecule has 3 nitrogen and oxygen atoms in total. The topological polar surface area (TPSA) is 42.9 Å². The predicted molar refractivity (Wildman–Crippen MR) is 82.8 cm³/mol. The number of carbonyl (C=O) groups is 1. The Labute approximate surface area is 127 Å². The molecule has 0 bridgehead atoms. The third-order valence-electron chi connectivity index (χ3n) is 2.13. The molecule has 0 saturated heterocycles. The van der Waals surface area contributed by atoms with Crippen molar-refractivity contribution in [1.29, 1.82) is 0 Å². The van der Waals surface area contributed by atoms with Gasteiger partial charge in [-0.25, -0.2) is 9.97 Å². The fourth-order valence-electron chi connectivity index (χ4n) is 1.28. The Morgan fingerprint density at radius 1 is 1.00 bits per heavy atom. The van der Waals surface area contributed by atoms with Crippen molar-refractivity contribution in [2.24, 2.45) is 0 Å². The molecule has 0 saturated carbocycles. The van der Waals surface area contributed by atoms with Crippen LogP contribution in [0.5, 0.6) is 0 Å². The maximum absolute atomic E-state index is 10.4. The molecular weight excluding hydrogens is 344 g/mol. The molecule has 0 unspecified atom stereocenters. The van der Waals surface area contributed by atoms with Crippen LogP contribution in [0.4, 0.5) is 0 Å². The van der Waals surface area contributed by atoms with Gasteiger partial charge in [0.15, 0.2) is 3.92 Å². The number of rotatable bonds is 2. The van der Waals surface area contributed by atoms with Gasteiger partial charge in [-0.2, -0.15) is 0 Å². The van der Waals surface area contributed by atoms with E-state index < -0.39 is 0 Å². The second-order valence-corrected chi connectivity index (χ2v) is 6.43. The third-order valence-corrected chi connectivity index (χ3v) is 4.27. The second-order valence-electron chi connectivity index (χ2n) is 3.36. The largest absolute Gasteiger partial charge is 0.298 e.